The van der Waals surface area contributed by atoms with Crippen molar-refractivity contribution in [1.29, 1.82) is 0 Å². The fourth-order valence-corrected chi connectivity index (χ4v) is 4.99. The summed E-state index contributed by atoms with van der Waals surface area (Å²) in [7, 11) is -3.93. The van der Waals surface area contributed by atoms with Crippen LogP contribution >= 0.6 is 39.1 Å². The molecular weight excluding hydrogens is 503 g/mol. The van der Waals surface area contributed by atoms with Crippen LogP contribution in [-0.2, 0) is 26.1 Å². The second kappa shape index (κ2) is 9.76. The van der Waals surface area contributed by atoms with Crippen LogP contribution in [0.4, 0.5) is 0 Å². The molecule has 156 valence electrons. The van der Waals surface area contributed by atoms with Gasteiger partial charge in [-0.3, -0.25) is 4.79 Å². The van der Waals surface area contributed by atoms with Crippen LogP contribution in [-0.4, -0.2) is 56.4 Å². The van der Waals surface area contributed by atoms with Gasteiger partial charge in [-0.15, -0.1) is 0 Å². The van der Waals surface area contributed by atoms with Crippen molar-refractivity contribution in [2.45, 2.75) is 11.4 Å². The standard InChI is InChI=1S/C19H19BrCl2N2O4S/c20-15-2-5-17(6-3-15)29(26,27)24(12-14-1-4-16(21)11-18(14)22)13-19(25)23-7-9-28-10-8-23/h1-6,11H,7-10,12-13H2. The second-order valence-corrected chi connectivity index (χ2v) is 10.2. The molecule has 0 N–H and O–H groups in total. The van der Waals surface area contributed by atoms with Crippen LogP contribution in [0.3, 0.4) is 0 Å². The summed E-state index contributed by atoms with van der Waals surface area (Å²) in [5.74, 6) is -0.279. The highest BCUT2D eigenvalue weighted by Crippen LogP contribution is 2.26. The number of halogens is 3. The smallest absolute Gasteiger partial charge is 0.243 e. The first kappa shape index (κ1) is 22.5. The molecule has 0 unspecified atom stereocenters. The predicted octanol–water partition coefficient (Wildman–Crippen LogP) is 3.81. The van der Waals surface area contributed by atoms with Gasteiger partial charge < -0.3 is 9.64 Å². The molecule has 0 spiro atoms. The van der Waals surface area contributed by atoms with Crippen LogP contribution in [0.5, 0.6) is 0 Å². The Morgan fingerprint density at radius 1 is 1.10 bits per heavy atom. The van der Waals surface area contributed by atoms with Gasteiger partial charge in [0.25, 0.3) is 0 Å². The molecule has 1 amide bonds. The molecule has 0 aliphatic carbocycles. The Kier molecular flexibility index (Phi) is 7.58. The van der Waals surface area contributed by atoms with Crippen LogP contribution in [0.2, 0.25) is 10.0 Å². The fourth-order valence-electron chi connectivity index (χ4n) is 2.89. The summed E-state index contributed by atoms with van der Waals surface area (Å²) >= 11 is 15.5. The van der Waals surface area contributed by atoms with E-state index in [0.717, 1.165) is 8.78 Å². The van der Waals surface area contributed by atoms with E-state index in [0.29, 0.717) is 41.9 Å². The molecule has 3 rings (SSSR count). The van der Waals surface area contributed by atoms with Gasteiger partial charge in [0.15, 0.2) is 0 Å². The van der Waals surface area contributed by atoms with E-state index in [1.54, 1.807) is 35.2 Å². The summed E-state index contributed by atoms with van der Waals surface area (Å²) in [4.78, 5) is 14.5. The number of carbonyl (C=O) groups is 1. The van der Waals surface area contributed by atoms with E-state index in [1.165, 1.54) is 12.1 Å². The molecule has 6 nitrogen and oxygen atoms in total. The number of carbonyl (C=O) groups excluding carboxylic acids is 1. The van der Waals surface area contributed by atoms with Crippen LogP contribution < -0.4 is 0 Å². The van der Waals surface area contributed by atoms with Crippen molar-refractivity contribution < 1.29 is 17.9 Å². The van der Waals surface area contributed by atoms with Gasteiger partial charge >= 0.3 is 0 Å². The molecule has 0 radical (unpaired) electrons. The van der Waals surface area contributed by atoms with Crippen LogP contribution in [0.1, 0.15) is 5.56 Å². The van der Waals surface area contributed by atoms with Gasteiger partial charge in [-0.05, 0) is 42.0 Å². The number of ether oxygens (including phenoxy) is 1. The van der Waals surface area contributed by atoms with Crippen molar-refractivity contribution in [1.82, 2.24) is 9.21 Å². The molecular formula is C19H19BrCl2N2O4S. The third kappa shape index (κ3) is 5.71. The lowest BCUT2D eigenvalue weighted by Crippen LogP contribution is -2.46. The lowest BCUT2D eigenvalue weighted by Gasteiger charge is -2.30. The molecule has 29 heavy (non-hydrogen) atoms. The minimum atomic E-state index is -3.93. The van der Waals surface area contributed by atoms with Crippen molar-refractivity contribution in [3.63, 3.8) is 0 Å². The topological polar surface area (TPSA) is 66.9 Å². The van der Waals surface area contributed by atoms with E-state index in [9.17, 15) is 13.2 Å². The molecule has 0 saturated carbocycles. The Morgan fingerprint density at radius 2 is 1.76 bits per heavy atom. The summed E-state index contributed by atoms with van der Waals surface area (Å²) in [6.45, 7) is 1.41. The zero-order valence-corrected chi connectivity index (χ0v) is 19.3. The highest BCUT2D eigenvalue weighted by molar-refractivity contribution is 9.10. The third-order valence-electron chi connectivity index (χ3n) is 4.49. The van der Waals surface area contributed by atoms with E-state index in [2.05, 4.69) is 15.9 Å². The zero-order chi connectivity index (χ0) is 21.0. The number of benzene rings is 2. The van der Waals surface area contributed by atoms with Crippen molar-refractivity contribution in [2.75, 3.05) is 32.8 Å². The summed E-state index contributed by atoms with van der Waals surface area (Å²) < 4.78 is 33.7. The van der Waals surface area contributed by atoms with Gasteiger partial charge in [0.1, 0.15) is 0 Å². The number of hydrogen-bond acceptors (Lipinski definition) is 4. The van der Waals surface area contributed by atoms with E-state index in [1.807, 2.05) is 0 Å². The molecule has 0 bridgehead atoms. The predicted molar refractivity (Wildman–Crippen MR) is 116 cm³/mol. The number of nitrogens with zero attached hydrogens (tertiary/aromatic N) is 2. The lowest BCUT2D eigenvalue weighted by atomic mass is 10.2. The minimum absolute atomic E-state index is 0.0511. The molecule has 2 aromatic carbocycles. The van der Waals surface area contributed by atoms with Crippen LogP contribution in [0, 0.1) is 0 Å². The number of sulfonamides is 1. The lowest BCUT2D eigenvalue weighted by molar-refractivity contribution is -0.135. The van der Waals surface area contributed by atoms with Gasteiger partial charge in [0, 0.05) is 34.2 Å². The number of morpholine rings is 1. The monoisotopic (exact) mass is 520 g/mol. The maximum Gasteiger partial charge on any atom is 0.243 e. The van der Waals surface area contributed by atoms with Crippen molar-refractivity contribution in [3.8, 4) is 0 Å². The Morgan fingerprint density at radius 3 is 2.38 bits per heavy atom. The van der Waals surface area contributed by atoms with E-state index in [4.69, 9.17) is 27.9 Å². The van der Waals surface area contributed by atoms with Gasteiger partial charge in [-0.1, -0.05) is 45.2 Å². The second-order valence-electron chi connectivity index (χ2n) is 6.46. The quantitative estimate of drug-likeness (QED) is 0.579. The number of amides is 1. The summed E-state index contributed by atoms with van der Waals surface area (Å²) in [5.41, 5.74) is 0.562. The molecule has 1 heterocycles. The van der Waals surface area contributed by atoms with Crippen molar-refractivity contribution in [2.24, 2.45) is 0 Å². The first-order valence-corrected chi connectivity index (χ1v) is 11.8. The first-order chi connectivity index (χ1) is 13.8. The Hall–Kier alpha value is -1.16. The van der Waals surface area contributed by atoms with Crippen LogP contribution in [0.25, 0.3) is 0 Å². The maximum absolute atomic E-state index is 13.3. The Labute approximate surface area is 188 Å². The Bertz CT molecular complexity index is 980. The highest BCUT2D eigenvalue weighted by atomic mass is 79.9. The summed E-state index contributed by atoms with van der Waals surface area (Å²) in [5, 5.41) is 0.790. The van der Waals surface area contributed by atoms with Gasteiger partial charge in [-0.2, -0.15) is 4.31 Å². The zero-order valence-electron chi connectivity index (χ0n) is 15.4. The average Bonchev–Trinajstić information content (AvgIpc) is 2.70. The van der Waals surface area contributed by atoms with Crippen molar-refractivity contribution in [3.05, 3.63) is 62.5 Å². The number of hydrogen-bond donors (Lipinski definition) is 0. The van der Waals surface area contributed by atoms with E-state index < -0.39 is 10.0 Å². The first-order valence-electron chi connectivity index (χ1n) is 8.82. The van der Waals surface area contributed by atoms with Gasteiger partial charge in [-0.25, -0.2) is 8.42 Å². The molecule has 2 aromatic rings. The molecule has 1 aliphatic heterocycles. The van der Waals surface area contributed by atoms with Gasteiger partial charge in [0.2, 0.25) is 15.9 Å². The SMILES string of the molecule is O=C(CN(Cc1ccc(Cl)cc1Cl)S(=O)(=O)c1ccc(Br)cc1)N1CCOCC1. The third-order valence-corrected chi connectivity index (χ3v) is 7.41. The van der Waals surface area contributed by atoms with E-state index >= 15 is 0 Å². The normalized spacial score (nSPS) is 15.0. The molecule has 1 fully saturated rings. The molecule has 1 saturated heterocycles. The fraction of sp³-hybridized carbons (Fsp3) is 0.316. The molecule has 1 aliphatic rings. The minimum Gasteiger partial charge on any atom is -0.378 e. The Balaban J connectivity index is 1.91. The van der Waals surface area contributed by atoms with Gasteiger partial charge in [0.05, 0.1) is 24.7 Å². The van der Waals surface area contributed by atoms with E-state index in [-0.39, 0.29) is 23.9 Å². The summed E-state index contributed by atoms with van der Waals surface area (Å²) in [6.07, 6.45) is 0. The summed E-state index contributed by atoms with van der Waals surface area (Å²) in [6, 6.07) is 11.1. The molecule has 0 atom stereocenters. The molecule has 10 heteroatoms. The average molecular weight is 522 g/mol. The highest BCUT2D eigenvalue weighted by Gasteiger charge is 2.29. The molecule has 0 aromatic heterocycles. The van der Waals surface area contributed by atoms with Crippen molar-refractivity contribution >= 4 is 55.1 Å². The number of rotatable bonds is 6. The maximum atomic E-state index is 13.3. The van der Waals surface area contributed by atoms with Crippen LogP contribution in [0.15, 0.2) is 51.8 Å². The largest absolute Gasteiger partial charge is 0.378 e.